The van der Waals surface area contributed by atoms with Crippen LogP contribution < -0.4 is 0 Å². The third kappa shape index (κ3) is 2.78. The van der Waals surface area contributed by atoms with Gasteiger partial charge in [0.05, 0.1) is 4.90 Å². The first-order valence-corrected chi connectivity index (χ1v) is 8.31. The molecule has 2 rings (SSSR count). The maximum Gasteiger partial charge on any atom is 0.244 e. The summed E-state index contributed by atoms with van der Waals surface area (Å²) in [6.07, 6.45) is 2.01. The lowest BCUT2D eigenvalue weighted by atomic mass is 9.85. The molecule has 0 N–H and O–H groups in total. The number of halogens is 1. The highest BCUT2D eigenvalue weighted by Gasteiger charge is 2.34. The number of benzene rings is 1. The van der Waals surface area contributed by atoms with E-state index in [9.17, 15) is 8.42 Å². The summed E-state index contributed by atoms with van der Waals surface area (Å²) < 4.78 is 27.4. The molecule has 0 aliphatic carbocycles. The molecule has 1 aliphatic rings. The summed E-state index contributed by atoms with van der Waals surface area (Å²) in [6.45, 7) is 5.45. The van der Waals surface area contributed by atoms with E-state index < -0.39 is 10.0 Å². The minimum atomic E-state index is -3.38. The van der Waals surface area contributed by atoms with E-state index in [0.717, 1.165) is 12.8 Å². The van der Waals surface area contributed by atoms with Crippen molar-refractivity contribution < 1.29 is 8.42 Å². The van der Waals surface area contributed by atoms with Gasteiger partial charge in [-0.15, -0.1) is 0 Å². The second-order valence-corrected chi connectivity index (χ2v) is 8.30. The minimum Gasteiger partial charge on any atom is -0.207 e. The lowest BCUT2D eigenvalue weighted by molar-refractivity contribution is 0.187. The normalized spacial score (nSPS) is 20.8. The lowest BCUT2D eigenvalue weighted by Crippen LogP contribution is -2.43. The smallest absolute Gasteiger partial charge is 0.207 e. The Hall–Kier alpha value is -0.390. The van der Waals surface area contributed by atoms with Crippen molar-refractivity contribution in [3.63, 3.8) is 0 Å². The monoisotopic (exact) mass is 331 g/mol. The van der Waals surface area contributed by atoms with Crippen LogP contribution in [0.3, 0.4) is 0 Å². The van der Waals surface area contributed by atoms with E-state index in [1.165, 1.54) is 0 Å². The summed E-state index contributed by atoms with van der Waals surface area (Å²) in [7, 11) is -3.38. The van der Waals surface area contributed by atoms with Gasteiger partial charge in [-0.05, 0) is 46.3 Å². The molecule has 0 aromatic heterocycles. The highest BCUT2D eigenvalue weighted by Crippen LogP contribution is 2.33. The molecule has 5 heteroatoms. The molecule has 1 heterocycles. The van der Waals surface area contributed by atoms with E-state index in [1.807, 2.05) is 6.07 Å². The van der Waals surface area contributed by atoms with Crippen LogP contribution in [-0.2, 0) is 10.0 Å². The van der Waals surface area contributed by atoms with Crippen LogP contribution in [-0.4, -0.2) is 25.8 Å². The minimum absolute atomic E-state index is 0.0621. The first-order chi connectivity index (χ1) is 8.33. The Morgan fingerprint density at radius 3 is 2.56 bits per heavy atom. The molecule has 1 fully saturated rings. The fourth-order valence-corrected chi connectivity index (χ4v) is 5.00. The zero-order valence-electron chi connectivity index (χ0n) is 10.7. The van der Waals surface area contributed by atoms with Crippen LogP contribution in [0.4, 0.5) is 0 Å². The van der Waals surface area contributed by atoms with Gasteiger partial charge in [0.2, 0.25) is 10.0 Å². The third-order valence-corrected chi connectivity index (χ3v) is 6.18. The Balaban J connectivity index is 2.35. The van der Waals surface area contributed by atoms with E-state index in [4.69, 9.17) is 0 Å². The zero-order chi connectivity index (χ0) is 13.4. The van der Waals surface area contributed by atoms with Gasteiger partial charge in [0.15, 0.2) is 0 Å². The largest absolute Gasteiger partial charge is 0.244 e. The second-order valence-electron chi connectivity index (χ2n) is 5.54. The van der Waals surface area contributed by atoms with Crippen molar-refractivity contribution >= 4 is 26.0 Å². The fourth-order valence-electron chi connectivity index (χ4n) is 2.37. The summed E-state index contributed by atoms with van der Waals surface area (Å²) in [5, 5.41) is 0. The summed E-state index contributed by atoms with van der Waals surface area (Å²) in [4.78, 5) is 0.364. The molecule has 0 amide bonds. The average Bonchev–Trinajstić information content (AvgIpc) is 2.28. The first kappa shape index (κ1) is 14.0. The molecule has 1 aromatic carbocycles. The molecule has 1 aromatic rings. The molecule has 3 nitrogen and oxygen atoms in total. The molecule has 0 unspecified atom stereocenters. The summed E-state index contributed by atoms with van der Waals surface area (Å²) >= 11 is 3.32. The molecule has 1 aliphatic heterocycles. The molecule has 0 spiro atoms. The molecule has 0 bridgehead atoms. The van der Waals surface area contributed by atoms with Crippen LogP contribution in [0.15, 0.2) is 33.6 Å². The SMILES string of the molecule is CC1(C)CCCN(S(=O)(=O)c2ccccc2Br)C1. The zero-order valence-corrected chi connectivity index (χ0v) is 13.1. The molecule has 1 saturated heterocycles. The Morgan fingerprint density at radius 1 is 1.28 bits per heavy atom. The molecule has 18 heavy (non-hydrogen) atoms. The van der Waals surface area contributed by atoms with Crippen LogP contribution in [0.5, 0.6) is 0 Å². The van der Waals surface area contributed by atoms with Gasteiger partial charge in [-0.1, -0.05) is 26.0 Å². The first-order valence-electron chi connectivity index (χ1n) is 6.08. The number of sulfonamides is 1. The third-order valence-electron chi connectivity index (χ3n) is 3.32. The highest BCUT2D eigenvalue weighted by molar-refractivity contribution is 9.10. The predicted molar refractivity (Wildman–Crippen MR) is 75.9 cm³/mol. The van der Waals surface area contributed by atoms with Crippen LogP contribution >= 0.6 is 15.9 Å². The van der Waals surface area contributed by atoms with E-state index in [-0.39, 0.29) is 5.41 Å². The molecule has 0 atom stereocenters. The maximum atomic E-state index is 12.6. The van der Waals surface area contributed by atoms with Crippen LogP contribution in [0.25, 0.3) is 0 Å². The van der Waals surface area contributed by atoms with Crippen molar-refractivity contribution in [2.75, 3.05) is 13.1 Å². The van der Waals surface area contributed by atoms with Crippen molar-refractivity contribution in [3.05, 3.63) is 28.7 Å². The van der Waals surface area contributed by atoms with Crippen molar-refractivity contribution in [2.24, 2.45) is 5.41 Å². The van der Waals surface area contributed by atoms with Gasteiger partial charge in [0.1, 0.15) is 0 Å². The van der Waals surface area contributed by atoms with Gasteiger partial charge in [0.25, 0.3) is 0 Å². The number of hydrogen-bond donors (Lipinski definition) is 0. The van der Waals surface area contributed by atoms with Gasteiger partial charge in [-0.3, -0.25) is 0 Å². The maximum absolute atomic E-state index is 12.6. The van der Waals surface area contributed by atoms with Crippen LogP contribution in [0.2, 0.25) is 0 Å². The van der Waals surface area contributed by atoms with E-state index in [2.05, 4.69) is 29.8 Å². The van der Waals surface area contributed by atoms with Crippen molar-refractivity contribution in [1.82, 2.24) is 4.31 Å². The molecule has 100 valence electrons. The van der Waals surface area contributed by atoms with Crippen LogP contribution in [0, 0.1) is 5.41 Å². The Bertz CT molecular complexity index is 540. The Morgan fingerprint density at radius 2 is 1.94 bits per heavy atom. The topological polar surface area (TPSA) is 37.4 Å². The quantitative estimate of drug-likeness (QED) is 0.834. The number of piperidine rings is 1. The molecule has 0 saturated carbocycles. The van der Waals surface area contributed by atoms with Crippen molar-refractivity contribution in [1.29, 1.82) is 0 Å². The van der Waals surface area contributed by atoms with Crippen molar-refractivity contribution in [2.45, 2.75) is 31.6 Å². The Labute approximate surface area is 117 Å². The van der Waals surface area contributed by atoms with Crippen molar-refractivity contribution in [3.8, 4) is 0 Å². The predicted octanol–water partition coefficient (Wildman–Crippen LogP) is 3.26. The molecular formula is C13H18BrNO2S. The summed E-state index contributed by atoms with van der Waals surface area (Å²) in [6, 6.07) is 7.00. The molecular weight excluding hydrogens is 314 g/mol. The van der Waals surface area contributed by atoms with Gasteiger partial charge in [0, 0.05) is 17.6 Å². The lowest BCUT2D eigenvalue weighted by Gasteiger charge is -2.37. The van der Waals surface area contributed by atoms with E-state index >= 15 is 0 Å². The number of rotatable bonds is 2. The molecule has 0 radical (unpaired) electrons. The van der Waals surface area contributed by atoms with E-state index in [0.29, 0.717) is 22.5 Å². The number of nitrogens with zero attached hydrogens (tertiary/aromatic N) is 1. The standard InChI is InChI=1S/C13H18BrNO2S/c1-13(2)8-5-9-15(10-13)18(16,17)12-7-4-3-6-11(12)14/h3-4,6-7H,5,8-10H2,1-2H3. The van der Waals surface area contributed by atoms with Gasteiger partial charge < -0.3 is 0 Å². The van der Waals surface area contributed by atoms with Gasteiger partial charge >= 0.3 is 0 Å². The van der Waals surface area contributed by atoms with Gasteiger partial charge in [-0.2, -0.15) is 4.31 Å². The highest BCUT2D eigenvalue weighted by atomic mass is 79.9. The fraction of sp³-hybridized carbons (Fsp3) is 0.538. The average molecular weight is 332 g/mol. The summed E-state index contributed by atoms with van der Waals surface area (Å²) in [5.41, 5.74) is 0.0621. The Kier molecular flexibility index (Phi) is 3.85. The van der Waals surface area contributed by atoms with Crippen LogP contribution in [0.1, 0.15) is 26.7 Å². The number of hydrogen-bond acceptors (Lipinski definition) is 2. The second kappa shape index (κ2) is 4.94. The van der Waals surface area contributed by atoms with Gasteiger partial charge in [-0.25, -0.2) is 8.42 Å². The summed E-state index contributed by atoms with van der Waals surface area (Å²) in [5.74, 6) is 0. The van der Waals surface area contributed by atoms with E-state index in [1.54, 1.807) is 22.5 Å².